The number of rotatable bonds is 5. The van der Waals surface area contributed by atoms with Crippen LogP contribution in [0.4, 0.5) is 0 Å². The summed E-state index contributed by atoms with van der Waals surface area (Å²) in [5, 5.41) is 19.3. The summed E-state index contributed by atoms with van der Waals surface area (Å²) in [7, 11) is 0. The maximum atomic E-state index is 8.88. The number of benzene rings is 2. The summed E-state index contributed by atoms with van der Waals surface area (Å²) in [5.74, 6) is 2.10. The van der Waals surface area contributed by atoms with Crippen molar-refractivity contribution < 1.29 is 9.47 Å². The van der Waals surface area contributed by atoms with Gasteiger partial charge in [-0.3, -0.25) is 5.10 Å². The molecule has 0 unspecified atom stereocenters. The van der Waals surface area contributed by atoms with Crippen molar-refractivity contribution in [3.05, 3.63) is 60.3 Å². The van der Waals surface area contributed by atoms with E-state index in [9.17, 15) is 0 Å². The molecule has 0 amide bonds. The van der Waals surface area contributed by atoms with Gasteiger partial charge in [0.2, 0.25) is 0 Å². The molecule has 130 valence electrons. The number of hydrogen-bond donors (Lipinski definition) is 2. The summed E-state index contributed by atoms with van der Waals surface area (Å²) < 4.78 is 12.0. The highest BCUT2D eigenvalue weighted by molar-refractivity contribution is 5.67. The summed E-state index contributed by atoms with van der Waals surface area (Å²) in [6, 6.07) is 17.0. The second-order valence-electron chi connectivity index (χ2n) is 6.11. The first-order valence-electron chi connectivity index (χ1n) is 8.51. The van der Waals surface area contributed by atoms with Crippen LogP contribution < -0.4 is 14.8 Å². The molecule has 0 aliphatic carbocycles. The van der Waals surface area contributed by atoms with Gasteiger partial charge in [-0.2, -0.15) is 10.4 Å². The molecule has 1 aromatic heterocycles. The highest BCUT2D eigenvalue weighted by atomic mass is 16.5. The number of nitriles is 1. The molecule has 1 saturated heterocycles. The normalized spacial score (nSPS) is 16.2. The zero-order valence-electron chi connectivity index (χ0n) is 14.1. The van der Waals surface area contributed by atoms with Crippen molar-refractivity contribution in [3.8, 4) is 34.6 Å². The van der Waals surface area contributed by atoms with Gasteiger partial charge in [-0.15, -0.1) is 0 Å². The van der Waals surface area contributed by atoms with Crippen LogP contribution in [0.5, 0.6) is 17.2 Å². The lowest BCUT2D eigenvalue weighted by Crippen LogP contribution is -2.19. The summed E-state index contributed by atoms with van der Waals surface area (Å²) >= 11 is 0. The van der Waals surface area contributed by atoms with E-state index in [1.807, 2.05) is 24.3 Å². The molecule has 0 spiro atoms. The second-order valence-corrected chi connectivity index (χ2v) is 6.11. The first-order valence-corrected chi connectivity index (χ1v) is 8.51. The lowest BCUT2D eigenvalue weighted by atomic mass is 10.1. The molecule has 6 nitrogen and oxygen atoms in total. The summed E-state index contributed by atoms with van der Waals surface area (Å²) in [4.78, 5) is 0. The Morgan fingerprint density at radius 3 is 2.77 bits per heavy atom. The fourth-order valence-corrected chi connectivity index (χ4v) is 2.93. The Balaban J connectivity index is 1.55. The molecular weight excluding hydrogens is 328 g/mol. The number of aromatic amines is 1. The third-order valence-corrected chi connectivity index (χ3v) is 4.26. The van der Waals surface area contributed by atoms with Gasteiger partial charge in [0.1, 0.15) is 23.3 Å². The number of nitrogens with one attached hydrogen (secondary N) is 2. The van der Waals surface area contributed by atoms with Crippen molar-refractivity contribution in [2.45, 2.75) is 12.5 Å². The predicted octanol–water partition coefficient (Wildman–Crippen LogP) is 3.48. The van der Waals surface area contributed by atoms with E-state index in [4.69, 9.17) is 14.7 Å². The fraction of sp³-hybridized carbons (Fsp3) is 0.200. The number of aromatic nitrogens is 2. The van der Waals surface area contributed by atoms with E-state index in [1.54, 1.807) is 30.5 Å². The molecular formula is C20H18N4O2. The van der Waals surface area contributed by atoms with Crippen LogP contribution >= 0.6 is 0 Å². The van der Waals surface area contributed by atoms with Crippen LogP contribution in [0.1, 0.15) is 12.0 Å². The van der Waals surface area contributed by atoms with Gasteiger partial charge in [-0.05, 0) is 49.4 Å². The average Bonchev–Trinajstić information content (AvgIpc) is 3.35. The highest BCUT2D eigenvalue weighted by Crippen LogP contribution is 2.33. The minimum Gasteiger partial charge on any atom is -0.489 e. The second kappa shape index (κ2) is 7.30. The maximum absolute atomic E-state index is 8.88. The minimum atomic E-state index is 0.210. The van der Waals surface area contributed by atoms with E-state index in [0.717, 1.165) is 36.5 Å². The van der Waals surface area contributed by atoms with Gasteiger partial charge < -0.3 is 14.8 Å². The molecule has 2 aromatic carbocycles. The van der Waals surface area contributed by atoms with Crippen LogP contribution in [0.2, 0.25) is 0 Å². The lowest BCUT2D eigenvalue weighted by Gasteiger charge is -2.13. The molecule has 1 aliphatic rings. The van der Waals surface area contributed by atoms with Crippen molar-refractivity contribution in [1.82, 2.24) is 15.5 Å². The molecule has 26 heavy (non-hydrogen) atoms. The Kier molecular flexibility index (Phi) is 4.54. The van der Waals surface area contributed by atoms with Crippen LogP contribution in [-0.4, -0.2) is 29.4 Å². The Morgan fingerprint density at radius 2 is 2.00 bits per heavy atom. The summed E-state index contributed by atoms with van der Waals surface area (Å²) in [6.07, 6.45) is 2.87. The topological polar surface area (TPSA) is 83.0 Å². The molecule has 1 atom stereocenters. The quantitative estimate of drug-likeness (QED) is 0.739. The van der Waals surface area contributed by atoms with Crippen molar-refractivity contribution in [2.75, 3.05) is 13.1 Å². The fourth-order valence-electron chi connectivity index (χ4n) is 2.93. The first-order chi connectivity index (χ1) is 12.8. The smallest absolute Gasteiger partial charge is 0.172 e. The van der Waals surface area contributed by atoms with E-state index in [1.165, 1.54) is 0 Å². The molecule has 0 radical (unpaired) electrons. The van der Waals surface area contributed by atoms with E-state index in [-0.39, 0.29) is 6.10 Å². The van der Waals surface area contributed by atoms with Crippen molar-refractivity contribution >= 4 is 0 Å². The SMILES string of the molecule is N#Cc1ccc(Oc2cn[nH]c2-c2cccc(O[C@H]3CCNC3)c2)cc1. The zero-order valence-corrected chi connectivity index (χ0v) is 14.1. The van der Waals surface area contributed by atoms with Crippen LogP contribution in [0.3, 0.4) is 0 Å². The van der Waals surface area contributed by atoms with Crippen LogP contribution in [0.25, 0.3) is 11.3 Å². The van der Waals surface area contributed by atoms with Crippen molar-refractivity contribution in [2.24, 2.45) is 0 Å². The Hall–Kier alpha value is -3.30. The third kappa shape index (κ3) is 3.53. The number of H-pyrrole nitrogens is 1. The van der Waals surface area contributed by atoms with Gasteiger partial charge >= 0.3 is 0 Å². The van der Waals surface area contributed by atoms with Crippen LogP contribution in [0, 0.1) is 11.3 Å². The largest absolute Gasteiger partial charge is 0.489 e. The summed E-state index contributed by atoms with van der Waals surface area (Å²) in [5.41, 5.74) is 2.31. The van der Waals surface area contributed by atoms with Crippen molar-refractivity contribution in [1.29, 1.82) is 5.26 Å². The first kappa shape index (κ1) is 16.2. The molecule has 2 N–H and O–H groups in total. The van der Waals surface area contributed by atoms with Gasteiger partial charge in [0.25, 0.3) is 0 Å². The lowest BCUT2D eigenvalue weighted by molar-refractivity contribution is 0.223. The van der Waals surface area contributed by atoms with Crippen LogP contribution in [-0.2, 0) is 0 Å². The zero-order chi connectivity index (χ0) is 17.8. The molecule has 1 fully saturated rings. The molecule has 4 rings (SSSR count). The Morgan fingerprint density at radius 1 is 1.12 bits per heavy atom. The standard InChI is InChI=1S/C20H18N4O2/c21-11-14-4-6-16(7-5-14)26-19-13-23-24-20(19)15-2-1-3-17(10-15)25-18-8-9-22-12-18/h1-7,10,13,18,22H,8-9,12H2,(H,23,24)/t18-/m0/s1. The van der Waals surface area contributed by atoms with Gasteiger partial charge in [0.05, 0.1) is 17.8 Å². The monoisotopic (exact) mass is 346 g/mol. The molecule has 6 heteroatoms. The average molecular weight is 346 g/mol. The highest BCUT2D eigenvalue weighted by Gasteiger charge is 2.17. The molecule has 0 saturated carbocycles. The van der Waals surface area contributed by atoms with Crippen molar-refractivity contribution in [3.63, 3.8) is 0 Å². The number of nitrogens with zero attached hydrogens (tertiary/aromatic N) is 2. The van der Waals surface area contributed by atoms with Gasteiger partial charge in [0.15, 0.2) is 5.75 Å². The minimum absolute atomic E-state index is 0.210. The maximum Gasteiger partial charge on any atom is 0.172 e. The molecule has 1 aliphatic heterocycles. The van der Waals surface area contributed by atoms with E-state index < -0.39 is 0 Å². The molecule has 2 heterocycles. The number of hydrogen-bond acceptors (Lipinski definition) is 5. The van der Waals surface area contributed by atoms with E-state index >= 15 is 0 Å². The van der Waals surface area contributed by atoms with E-state index in [0.29, 0.717) is 17.1 Å². The summed E-state index contributed by atoms with van der Waals surface area (Å²) in [6.45, 7) is 1.87. The Bertz CT molecular complexity index is 921. The molecule has 3 aromatic rings. The van der Waals surface area contributed by atoms with Gasteiger partial charge in [-0.1, -0.05) is 12.1 Å². The van der Waals surface area contributed by atoms with E-state index in [2.05, 4.69) is 21.6 Å². The third-order valence-electron chi connectivity index (χ3n) is 4.26. The molecule has 0 bridgehead atoms. The van der Waals surface area contributed by atoms with Gasteiger partial charge in [0, 0.05) is 12.1 Å². The Labute approximate surface area is 151 Å². The number of ether oxygens (including phenoxy) is 2. The van der Waals surface area contributed by atoms with Gasteiger partial charge in [-0.25, -0.2) is 0 Å². The predicted molar refractivity (Wildman–Crippen MR) is 97.2 cm³/mol. The van der Waals surface area contributed by atoms with Crippen LogP contribution in [0.15, 0.2) is 54.7 Å².